The van der Waals surface area contributed by atoms with Crippen LogP contribution in [0.2, 0.25) is 0 Å². The van der Waals surface area contributed by atoms with Crippen LogP contribution in [-0.2, 0) is 22.6 Å². The van der Waals surface area contributed by atoms with Crippen LogP contribution in [0.1, 0.15) is 50.8 Å². The zero-order chi connectivity index (χ0) is 14.7. The number of nitrogens with one attached hydrogen (secondary N) is 1. The topological polar surface area (TPSA) is 97.1 Å². The van der Waals surface area contributed by atoms with E-state index in [-0.39, 0.29) is 30.7 Å². The molecule has 0 aliphatic carbocycles. The summed E-state index contributed by atoms with van der Waals surface area (Å²) in [5.41, 5.74) is 0. The summed E-state index contributed by atoms with van der Waals surface area (Å²) < 4.78 is 2.05. The van der Waals surface area contributed by atoms with Gasteiger partial charge in [-0.15, -0.1) is 10.2 Å². The van der Waals surface area contributed by atoms with Crippen molar-refractivity contribution in [3.63, 3.8) is 0 Å². The van der Waals surface area contributed by atoms with Gasteiger partial charge in [0, 0.05) is 25.8 Å². The molecule has 2 N–H and O–H groups in total. The number of nitrogens with zero attached hydrogens (tertiary/aromatic N) is 3. The van der Waals surface area contributed by atoms with Crippen molar-refractivity contribution in [2.24, 2.45) is 5.92 Å². The number of aryl methyl sites for hydroxylation is 1. The molecular weight excluding hydrogens is 260 g/mol. The van der Waals surface area contributed by atoms with Crippen molar-refractivity contribution >= 4 is 11.9 Å². The standard InChI is InChI=1S/C13H20N4O3/c1-8(7-12(19)20)6-11(18)14-9(2)13-16-15-10-4-3-5-17(10)13/h8-9H,3-7H2,1-2H3,(H,14,18)(H,19,20). The molecule has 2 atom stereocenters. The van der Waals surface area contributed by atoms with Crippen molar-refractivity contribution in [1.29, 1.82) is 0 Å². The summed E-state index contributed by atoms with van der Waals surface area (Å²) in [5.74, 6) is 0.538. The van der Waals surface area contributed by atoms with E-state index in [0.717, 1.165) is 31.0 Å². The van der Waals surface area contributed by atoms with E-state index in [9.17, 15) is 9.59 Å². The van der Waals surface area contributed by atoms with Crippen LogP contribution >= 0.6 is 0 Å². The SMILES string of the molecule is CC(CC(=O)O)CC(=O)NC(C)c1nnc2n1CCC2. The summed E-state index contributed by atoms with van der Waals surface area (Å²) in [7, 11) is 0. The van der Waals surface area contributed by atoms with Gasteiger partial charge in [0.05, 0.1) is 6.04 Å². The first kappa shape index (κ1) is 14.5. The van der Waals surface area contributed by atoms with Crippen LogP contribution in [0, 0.1) is 5.92 Å². The Labute approximate surface area is 117 Å². The minimum absolute atomic E-state index is 0.00211. The monoisotopic (exact) mass is 280 g/mol. The molecule has 0 aromatic carbocycles. The van der Waals surface area contributed by atoms with Gasteiger partial charge in [-0.3, -0.25) is 9.59 Å². The lowest BCUT2D eigenvalue weighted by Gasteiger charge is -2.15. The predicted octanol–water partition coefficient (Wildman–Crippen LogP) is 0.902. The van der Waals surface area contributed by atoms with Crippen molar-refractivity contribution < 1.29 is 14.7 Å². The average molecular weight is 280 g/mol. The van der Waals surface area contributed by atoms with E-state index in [4.69, 9.17) is 5.11 Å². The van der Waals surface area contributed by atoms with Crippen LogP contribution < -0.4 is 5.32 Å². The molecule has 0 fully saturated rings. The summed E-state index contributed by atoms with van der Waals surface area (Å²) in [6, 6.07) is -0.209. The third-order valence-corrected chi connectivity index (χ3v) is 3.46. The second-order valence-electron chi connectivity index (χ2n) is 5.43. The van der Waals surface area contributed by atoms with Crippen molar-refractivity contribution in [3.8, 4) is 0 Å². The summed E-state index contributed by atoms with van der Waals surface area (Å²) >= 11 is 0. The Bertz CT molecular complexity index is 512. The molecule has 2 unspecified atom stereocenters. The van der Waals surface area contributed by atoms with Crippen molar-refractivity contribution in [3.05, 3.63) is 11.6 Å². The van der Waals surface area contributed by atoms with Gasteiger partial charge in [-0.2, -0.15) is 0 Å². The minimum Gasteiger partial charge on any atom is -0.481 e. The van der Waals surface area contributed by atoms with Crippen LogP contribution in [0.5, 0.6) is 0 Å². The summed E-state index contributed by atoms with van der Waals surface area (Å²) in [6.07, 6.45) is 2.21. The Morgan fingerprint density at radius 1 is 1.35 bits per heavy atom. The zero-order valence-electron chi connectivity index (χ0n) is 11.8. The normalized spacial score (nSPS) is 16.5. The van der Waals surface area contributed by atoms with Crippen LogP contribution in [0.25, 0.3) is 0 Å². The van der Waals surface area contributed by atoms with E-state index < -0.39 is 5.97 Å². The van der Waals surface area contributed by atoms with Gasteiger partial charge in [-0.1, -0.05) is 6.92 Å². The van der Waals surface area contributed by atoms with Crippen molar-refractivity contribution in [2.75, 3.05) is 0 Å². The molecule has 1 aliphatic heterocycles. The molecule has 0 radical (unpaired) electrons. The lowest BCUT2D eigenvalue weighted by Crippen LogP contribution is -2.30. The number of hydrogen-bond acceptors (Lipinski definition) is 4. The first-order valence-corrected chi connectivity index (χ1v) is 6.90. The molecule has 20 heavy (non-hydrogen) atoms. The van der Waals surface area contributed by atoms with Gasteiger partial charge in [-0.05, 0) is 19.3 Å². The van der Waals surface area contributed by atoms with E-state index in [1.165, 1.54) is 0 Å². The maximum Gasteiger partial charge on any atom is 0.303 e. The fourth-order valence-electron chi connectivity index (χ4n) is 2.55. The van der Waals surface area contributed by atoms with E-state index in [0.29, 0.717) is 0 Å². The number of aromatic nitrogens is 3. The zero-order valence-corrected chi connectivity index (χ0v) is 11.8. The number of carboxylic acid groups (broad SMARTS) is 1. The number of rotatable bonds is 6. The number of carbonyl (C=O) groups is 2. The van der Waals surface area contributed by atoms with Crippen LogP contribution in [-0.4, -0.2) is 31.7 Å². The number of hydrogen-bond donors (Lipinski definition) is 2. The third kappa shape index (κ3) is 3.34. The van der Waals surface area contributed by atoms with Gasteiger partial charge in [0.2, 0.25) is 5.91 Å². The molecule has 0 saturated carbocycles. The highest BCUT2D eigenvalue weighted by molar-refractivity contribution is 5.77. The molecule has 2 heterocycles. The molecule has 0 spiro atoms. The second kappa shape index (κ2) is 6.02. The van der Waals surface area contributed by atoms with Gasteiger partial charge >= 0.3 is 5.97 Å². The molecule has 1 aromatic rings. The predicted molar refractivity (Wildman–Crippen MR) is 70.9 cm³/mol. The Hall–Kier alpha value is -1.92. The molecule has 110 valence electrons. The molecule has 0 bridgehead atoms. The number of aliphatic carboxylic acids is 1. The highest BCUT2D eigenvalue weighted by atomic mass is 16.4. The maximum absolute atomic E-state index is 11.9. The smallest absolute Gasteiger partial charge is 0.303 e. The molecule has 2 rings (SSSR count). The van der Waals surface area contributed by atoms with E-state index in [2.05, 4.69) is 15.5 Å². The Kier molecular flexibility index (Phi) is 4.36. The molecular formula is C13H20N4O3. The van der Waals surface area contributed by atoms with Crippen LogP contribution in [0.15, 0.2) is 0 Å². The van der Waals surface area contributed by atoms with E-state index in [1.54, 1.807) is 6.92 Å². The number of carbonyl (C=O) groups excluding carboxylic acids is 1. The van der Waals surface area contributed by atoms with Crippen molar-refractivity contribution in [2.45, 2.75) is 52.1 Å². The van der Waals surface area contributed by atoms with Gasteiger partial charge < -0.3 is 15.0 Å². The number of amides is 1. The highest BCUT2D eigenvalue weighted by Crippen LogP contribution is 2.19. The molecule has 7 nitrogen and oxygen atoms in total. The van der Waals surface area contributed by atoms with Crippen molar-refractivity contribution in [1.82, 2.24) is 20.1 Å². The van der Waals surface area contributed by atoms with E-state index >= 15 is 0 Å². The third-order valence-electron chi connectivity index (χ3n) is 3.46. The first-order chi connectivity index (χ1) is 9.47. The Balaban J connectivity index is 1.89. The van der Waals surface area contributed by atoms with Crippen LogP contribution in [0.4, 0.5) is 0 Å². The van der Waals surface area contributed by atoms with Gasteiger partial charge in [0.25, 0.3) is 0 Å². The van der Waals surface area contributed by atoms with Crippen LogP contribution in [0.3, 0.4) is 0 Å². The summed E-state index contributed by atoms with van der Waals surface area (Å²) in [5, 5.41) is 19.8. The maximum atomic E-state index is 11.9. The van der Waals surface area contributed by atoms with E-state index in [1.807, 2.05) is 11.5 Å². The average Bonchev–Trinajstić information content (AvgIpc) is 2.87. The van der Waals surface area contributed by atoms with Gasteiger partial charge in [0.15, 0.2) is 5.82 Å². The number of fused-ring (bicyclic) bond motifs is 1. The Morgan fingerprint density at radius 3 is 2.80 bits per heavy atom. The lowest BCUT2D eigenvalue weighted by atomic mass is 10.0. The molecule has 1 aromatic heterocycles. The summed E-state index contributed by atoms with van der Waals surface area (Å²) in [6.45, 7) is 4.52. The quantitative estimate of drug-likeness (QED) is 0.807. The van der Waals surface area contributed by atoms with Gasteiger partial charge in [-0.25, -0.2) is 0 Å². The second-order valence-corrected chi connectivity index (χ2v) is 5.43. The number of carboxylic acids is 1. The molecule has 1 amide bonds. The summed E-state index contributed by atoms with van der Waals surface area (Å²) in [4.78, 5) is 22.5. The first-order valence-electron chi connectivity index (χ1n) is 6.90. The fourth-order valence-corrected chi connectivity index (χ4v) is 2.55. The fraction of sp³-hybridized carbons (Fsp3) is 0.692. The highest BCUT2D eigenvalue weighted by Gasteiger charge is 2.23. The largest absolute Gasteiger partial charge is 0.481 e. The van der Waals surface area contributed by atoms with Gasteiger partial charge in [0.1, 0.15) is 5.82 Å². The molecule has 0 saturated heterocycles. The minimum atomic E-state index is -0.881. The molecule has 1 aliphatic rings. The Morgan fingerprint density at radius 2 is 2.10 bits per heavy atom. The lowest BCUT2D eigenvalue weighted by molar-refractivity contribution is -0.138. The molecule has 7 heteroatoms.